The van der Waals surface area contributed by atoms with Crippen molar-refractivity contribution in [2.75, 3.05) is 34.2 Å². The van der Waals surface area contributed by atoms with Gasteiger partial charge in [0.25, 0.3) is 5.91 Å². The number of aliphatic imine (C=N–C) groups is 1. The third-order valence-electron chi connectivity index (χ3n) is 4.83. The molecule has 1 atom stereocenters. The summed E-state index contributed by atoms with van der Waals surface area (Å²) in [6.07, 6.45) is 18.8. The first-order chi connectivity index (χ1) is 15.1. The standard InChI is InChI=1S/C22H37N5O2.C3H4/c1-7-8-9-10-12-20-24-18-27(26(20)6)21(29)15-19(23-4)16-25(5)17-22(2,3)13-11-14-28;1-3-2/h7-10,14-15,18,20,23H,11-13,16-17H2,1-6H3;1H,2H3/b8-7-,10-9-,19-15-;. The van der Waals surface area contributed by atoms with Gasteiger partial charge in [-0.25, -0.2) is 5.01 Å². The lowest BCUT2D eigenvalue weighted by Gasteiger charge is -2.30. The summed E-state index contributed by atoms with van der Waals surface area (Å²) in [5, 5.41) is 6.51. The fourth-order valence-electron chi connectivity index (χ4n) is 3.30. The monoisotopic (exact) mass is 443 g/mol. The predicted molar refractivity (Wildman–Crippen MR) is 134 cm³/mol. The Hall–Kier alpha value is -2.69. The van der Waals surface area contributed by atoms with Crippen LogP contribution in [0.5, 0.6) is 0 Å². The third-order valence-corrected chi connectivity index (χ3v) is 4.83. The SMILES string of the molecule is C#CC.C/C=C\C=C/CC1N=CN(C(=O)/C=C(/CN(C)CC(C)(C)CCC=O)NC)N1C. The Bertz CT molecular complexity index is 731. The quantitative estimate of drug-likeness (QED) is 0.217. The van der Waals surface area contributed by atoms with Crippen LogP contribution in [-0.2, 0) is 9.59 Å². The van der Waals surface area contributed by atoms with Crippen LogP contribution >= 0.6 is 0 Å². The fourth-order valence-corrected chi connectivity index (χ4v) is 3.30. The summed E-state index contributed by atoms with van der Waals surface area (Å²) < 4.78 is 0. The molecule has 1 aliphatic heterocycles. The van der Waals surface area contributed by atoms with Gasteiger partial charge in [0.15, 0.2) is 0 Å². The number of likely N-dealkylation sites (N-methyl/N-ethyl adjacent to an activating group) is 2. The van der Waals surface area contributed by atoms with Gasteiger partial charge >= 0.3 is 0 Å². The van der Waals surface area contributed by atoms with Crippen LogP contribution in [0, 0.1) is 17.8 Å². The topological polar surface area (TPSA) is 68.2 Å². The van der Waals surface area contributed by atoms with Crippen LogP contribution in [0.1, 0.15) is 47.0 Å². The number of carbonyl (C=O) groups excluding carboxylic acids is 2. The van der Waals surface area contributed by atoms with Gasteiger partial charge in [-0.15, -0.1) is 12.3 Å². The van der Waals surface area contributed by atoms with E-state index in [1.165, 1.54) is 0 Å². The number of hydrogen-bond acceptors (Lipinski definition) is 6. The molecule has 0 aromatic rings. The molecule has 0 aliphatic carbocycles. The first-order valence-corrected chi connectivity index (χ1v) is 10.9. The number of aldehydes is 1. The highest BCUT2D eigenvalue weighted by molar-refractivity contribution is 5.96. The van der Waals surface area contributed by atoms with Crippen molar-refractivity contribution in [3.8, 4) is 12.3 Å². The van der Waals surface area contributed by atoms with Gasteiger partial charge in [0.2, 0.25) is 0 Å². The summed E-state index contributed by atoms with van der Waals surface area (Å²) in [7, 11) is 5.71. The normalized spacial score (nSPS) is 17.0. The van der Waals surface area contributed by atoms with Crippen molar-refractivity contribution in [1.82, 2.24) is 20.2 Å². The summed E-state index contributed by atoms with van der Waals surface area (Å²) in [5.41, 5.74) is 0.871. The van der Waals surface area contributed by atoms with Gasteiger partial charge in [0.1, 0.15) is 18.8 Å². The van der Waals surface area contributed by atoms with Crippen molar-refractivity contribution in [3.63, 3.8) is 0 Å². The van der Waals surface area contributed by atoms with E-state index in [1.807, 2.05) is 57.4 Å². The van der Waals surface area contributed by atoms with E-state index in [4.69, 9.17) is 0 Å². The van der Waals surface area contributed by atoms with E-state index in [9.17, 15) is 9.59 Å². The molecule has 0 aromatic carbocycles. The summed E-state index contributed by atoms with van der Waals surface area (Å²) in [6, 6.07) is 0. The minimum absolute atomic E-state index is 0.0358. The molecule has 1 aliphatic rings. The van der Waals surface area contributed by atoms with Crippen molar-refractivity contribution in [2.24, 2.45) is 10.4 Å². The zero-order valence-corrected chi connectivity index (χ0v) is 20.8. The largest absolute Gasteiger partial charge is 0.390 e. The first-order valence-electron chi connectivity index (χ1n) is 10.9. The second-order valence-corrected chi connectivity index (χ2v) is 8.44. The van der Waals surface area contributed by atoms with Crippen LogP contribution < -0.4 is 5.32 Å². The number of terminal acetylenes is 1. The highest BCUT2D eigenvalue weighted by Crippen LogP contribution is 2.23. The van der Waals surface area contributed by atoms with Crippen molar-refractivity contribution >= 4 is 18.5 Å². The van der Waals surface area contributed by atoms with Gasteiger partial charge in [0, 0.05) is 51.8 Å². The molecule has 1 N–H and O–H groups in total. The van der Waals surface area contributed by atoms with Gasteiger partial charge in [0.05, 0.1) is 0 Å². The van der Waals surface area contributed by atoms with Gasteiger partial charge < -0.3 is 15.0 Å². The molecule has 178 valence electrons. The van der Waals surface area contributed by atoms with Crippen LogP contribution in [0.15, 0.2) is 41.1 Å². The van der Waals surface area contributed by atoms with E-state index in [-0.39, 0.29) is 17.5 Å². The molecule has 1 heterocycles. The Morgan fingerprint density at radius 1 is 1.38 bits per heavy atom. The molecule has 0 saturated carbocycles. The zero-order valence-electron chi connectivity index (χ0n) is 20.8. The number of amides is 1. The van der Waals surface area contributed by atoms with E-state index in [0.29, 0.717) is 13.0 Å². The average molecular weight is 444 g/mol. The summed E-state index contributed by atoms with van der Waals surface area (Å²) in [6.45, 7) is 9.39. The Morgan fingerprint density at radius 3 is 2.59 bits per heavy atom. The second-order valence-electron chi connectivity index (χ2n) is 8.44. The molecule has 0 radical (unpaired) electrons. The van der Waals surface area contributed by atoms with E-state index in [2.05, 4.69) is 41.4 Å². The van der Waals surface area contributed by atoms with Crippen molar-refractivity contribution < 1.29 is 9.59 Å². The Balaban J connectivity index is 0.00000302. The molecule has 0 fully saturated rings. The van der Waals surface area contributed by atoms with E-state index < -0.39 is 0 Å². The minimum atomic E-state index is -0.130. The maximum absolute atomic E-state index is 12.7. The molecule has 1 amide bonds. The average Bonchev–Trinajstić information content (AvgIpc) is 3.09. The van der Waals surface area contributed by atoms with E-state index in [1.54, 1.807) is 24.3 Å². The van der Waals surface area contributed by atoms with Crippen LogP contribution in [0.3, 0.4) is 0 Å². The lowest BCUT2D eigenvalue weighted by molar-refractivity contribution is -0.132. The molecule has 0 aromatic heterocycles. The van der Waals surface area contributed by atoms with Gasteiger partial charge in [-0.3, -0.25) is 9.79 Å². The molecule has 7 nitrogen and oxygen atoms in total. The summed E-state index contributed by atoms with van der Waals surface area (Å²) in [4.78, 5) is 30.0. The summed E-state index contributed by atoms with van der Waals surface area (Å²) in [5.74, 6) is 2.12. The summed E-state index contributed by atoms with van der Waals surface area (Å²) >= 11 is 0. The maximum Gasteiger partial charge on any atom is 0.268 e. The number of carbonyl (C=O) groups is 2. The van der Waals surface area contributed by atoms with Gasteiger partial charge in [-0.2, -0.15) is 5.01 Å². The van der Waals surface area contributed by atoms with E-state index >= 15 is 0 Å². The van der Waals surface area contributed by atoms with Crippen molar-refractivity contribution in [2.45, 2.75) is 53.1 Å². The Kier molecular flexibility index (Phi) is 14.7. The number of hydrogen-bond donors (Lipinski definition) is 1. The molecular formula is C25H41N5O2. The fraction of sp³-hybridized carbons (Fsp3) is 0.560. The van der Waals surface area contributed by atoms with Gasteiger partial charge in [-0.05, 0) is 32.7 Å². The second kappa shape index (κ2) is 16.0. The van der Waals surface area contributed by atoms with Crippen LogP contribution in [0.4, 0.5) is 0 Å². The number of allylic oxidation sites excluding steroid dienone is 3. The maximum atomic E-state index is 12.7. The molecule has 7 heteroatoms. The highest BCUT2D eigenvalue weighted by atomic mass is 16.2. The molecule has 32 heavy (non-hydrogen) atoms. The zero-order chi connectivity index (χ0) is 24.6. The van der Waals surface area contributed by atoms with Gasteiger partial charge in [-0.1, -0.05) is 38.2 Å². The number of nitrogens with zero attached hydrogens (tertiary/aromatic N) is 4. The lowest BCUT2D eigenvalue weighted by Crippen LogP contribution is -2.42. The Morgan fingerprint density at radius 2 is 2.03 bits per heavy atom. The molecule has 1 unspecified atom stereocenters. The number of nitrogens with one attached hydrogen (secondary N) is 1. The molecular weight excluding hydrogens is 402 g/mol. The van der Waals surface area contributed by atoms with Crippen LogP contribution in [0.2, 0.25) is 0 Å². The highest BCUT2D eigenvalue weighted by Gasteiger charge is 2.27. The first kappa shape index (κ1) is 29.3. The third kappa shape index (κ3) is 11.6. The van der Waals surface area contributed by atoms with E-state index in [0.717, 1.165) is 31.4 Å². The molecule has 0 spiro atoms. The lowest BCUT2D eigenvalue weighted by atomic mass is 9.87. The minimum Gasteiger partial charge on any atom is -0.390 e. The molecule has 0 saturated heterocycles. The molecule has 1 rings (SSSR count). The number of rotatable bonds is 12. The Labute approximate surface area is 194 Å². The van der Waals surface area contributed by atoms with Crippen molar-refractivity contribution in [3.05, 3.63) is 36.1 Å². The predicted octanol–water partition coefficient (Wildman–Crippen LogP) is 3.23. The van der Waals surface area contributed by atoms with Crippen LogP contribution in [0.25, 0.3) is 0 Å². The molecule has 0 bridgehead atoms. The van der Waals surface area contributed by atoms with Crippen molar-refractivity contribution in [1.29, 1.82) is 0 Å². The smallest absolute Gasteiger partial charge is 0.268 e. The van der Waals surface area contributed by atoms with Crippen LogP contribution in [-0.4, -0.2) is 73.8 Å². The number of hydrazine groups is 1.